The van der Waals surface area contributed by atoms with Crippen molar-refractivity contribution in [1.82, 2.24) is 9.03 Å². The molecule has 0 amide bonds. The van der Waals surface area contributed by atoms with Crippen LogP contribution in [0, 0.1) is 11.8 Å². The van der Waals surface area contributed by atoms with Crippen molar-refractivity contribution in [2.45, 2.75) is 33.2 Å². The molecule has 1 aliphatic rings. The van der Waals surface area contributed by atoms with Gasteiger partial charge in [-0.3, -0.25) is 0 Å². The highest BCUT2D eigenvalue weighted by Gasteiger charge is 2.37. The second-order valence-electron chi connectivity index (χ2n) is 4.93. The Morgan fingerprint density at radius 3 is 2.62 bits per heavy atom. The molecule has 16 heavy (non-hydrogen) atoms. The molecule has 0 radical (unpaired) electrons. The van der Waals surface area contributed by atoms with E-state index in [0.717, 1.165) is 6.42 Å². The summed E-state index contributed by atoms with van der Waals surface area (Å²) in [5, 5.41) is 0. The van der Waals surface area contributed by atoms with E-state index < -0.39 is 10.2 Å². The van der Waals surface area contributed by atoms with Gasteiger partial charge >= 0.3 is 0 Å². The van der Waals surface area contributed by atoms with Crippen molar-refractivity contribution in [3.05, 3.63) is 0 Å². The van der Waals surface area contributed by atoms with E-state index in [9.17, 15) is 8.42 Å². The lowest BCUT2D eigenvalue weighted by atomic mass is 10.0. The van der Waals surface area contributed by atoms with Crippen molar-refractivity contribution >= 4 is 10.2 Å². The van der Waals surface area contributed by atoms with E-state index in [4.69, 9.17) is 5.73 Å². The van der Waals surface area contributed by atoms with Crippen LogP contribution in [-0.4, -0.2) is 38.4 Å². The molecule has 5 nitrogen and oxygen atoms in total. The summed E-state index contributed by atoms with van der Waals surface area (Å²) >= 11 is 0. The smallest absolute Gasteiger partial charge is 0.279 e. The number of hydrogen-bond donors (Lipinski definition) is 2. The van der Waals surface area contributed by atoms with Crippen molar-refractivity contribution < 1.29 is 8.42 Å². The van der Waals surface area contributed by atoms with E-state index in [-0.39, 0.29) is 6.04 Å². The van der Waals surface area contributed by atoms with E-state index in [1.807, 2.05) is 13.8 Å². The van der Waals surface area contributed by atoms with E-state index in [1.54, 1.807) is 0 Å². The Kier molecular flexibility index (Phi) is 4.73. The van der Waals surface area contributed by atoms with E-state index in [2.05, 4.69) is 11.6 Å². The van der Waals surface area contributed by atoms with Gasteiger partial charge in [-0.25, -0.2) is 4.72 Å². The van der Waals surface area contributed by atoms with Crippen LogP contribution in [0.15, 0.2) is 0 Å². The van der Waals surface area contributed by atoms with Crippen LogP contribution < -0.4 is 10.5 Å². The maximum absolute atomic E-state index is 12.0. The van der Waals surface area contributed by atoms with Crippen molar-refractivity contribution in [1.29, 1.82) is 0 Å². The zero-order valence-corrected chi connectivity index (χ0v) is 11.1. The third kappa shape index (κ3) is 3.16. The second-order valence-corrected chi connectivity index (χ2v) is 6.63. The number of rotatable bonds is 5. The molecule has 0 aromatic carbocycles. The minimum atomic E-state index is -3.35. The van der Waals surface area contributed by atoms with Gasteiger partial charge in [0.05, 0.1) is 0 Å². The molecule has 1 aliphatic heterocycles. The lowest BCUT2D eigenvalue weighted by Gasteiger charge is -2.25. The Hall–Kier alpha value is -0.170. The number of nitrogens with zero attached hydrogens (tertiary/aromatic N) is 1. The Balaban J connectivity index is 2.68. The van der Waals surface area contributed by atoms with Crippen molar-refractivity contribution in [3.63, 3.8) is 0 Å². The predicted molar refractivity (Wildman–Crippen MR) is 65.1 cm³/mol. The largest absolute Gasteiger partial charge is 0.329 e. The lowest BCUT2D eigenvalue weighted by Crippen LogP contribution is -2.48. The molecule has 1 rings (SSSR count). The normalized spacial score (nSPS) is 27.8. The minimum Gasteiger partial charge on any atom is -0.329 e. The van der Waals surface area contributed by atoms with Crippen LogP contribution in [0.3, 0.4) is 0 Å². The number of nitrogens with two attached hydrogens (primary N) is 1. The van der Waals surface area contributed by atoms with Crippen molar-refractivity contribution in [3.8, 4) is 0 Å². The topological polar surface area (TPSA) is 75.4 Å². The molecule has 0 bridgehead atoms. The van der Waals surface area contributed by atoms with Crippen LogP contribution in [0.4, 0.5) is 0 Å². The molecule has 0 aromatic heterocycles. The van der Waals surface area contributed by atoms with Gasteiger partial charge in [-0.15, -0.1) is 0 Å². The first kappa shape index (κ1) is 13.9. The molecule has 1 saturated heterocycles. The summed E-state index contributed by atoms with van der Waals surface area (Å²) in [6, 6.07) is -0.0512. The maximum atomic E-state index is 12.0. The summed E-state index contributed by atoms with van der Waals surface area (Å²) in [5.74, 6) is 0.659. The summed E-state index contributed by atoms with van der Waals surface area (Å²) in [4.78, 5) is 0. The summed E-state index contributed by atoms with van der Waals surface area (Å²) in [6.45, 7) is 7.46. The van der Waals surface area contributed by atoms with Crippen molar-refractivity contribution in [2.75, 3.05) is 19.6 Å². The fourth-order valence-electron chi connectivity index (χ4n) is 1.98. The predicted octanol–water partition coefficient (Wildman–Crippen LogP) is 0.146. The van der Waals surface area contributed by atoms with Gasteiger partial charge in [-0.05, 0) is 18.3 Å². The lowest BCUT2D eigenvalue weighted by molar-refractivity contribution is 0.348. The SMILES string of the molecule is CC(C)CNS(=O)(=O)N1CCC(C)C1CN. The molecule has 1 heterocycles. The van der Waals surface area contributed by atoms with Crippen LogP contribution >= 0.6 is 0 Å². The molecular weight excluding hydrogens is 226 g/mol. The van der Waals surface area contributed by atoms with Crippen LogP contribution in [-0.2, 0) is 10.2 Å². The summed E-state index contributed by atoms with van der Waals surface area (Å²) in [7, 11) is -3.35. The van der Waals surface area contributed by atoms with Gasteiger partial charge in [0.2, 0.25) is 0 Å². The molecule has 0 aliphatic carbocycles. The van der Waals surface area contributed by atoms with Gasteiger partial charge in [0.25, 0.3) is 10.2 Å². The molecule has 0 aromatic rings. The molecule has 0 spiro atoms. The third-order valence-corrected chi connectivity index (χ3v) is 4.66. The molecular formula is C10H23N3O2S. The molecule has 6 heteroatoms. The zero-order valence-electron chi connectivity index (χ0n) is 10.3. The van der Waals surface area contributed by atoms with Gasteiger partial charge in [0.1, 0.15) is 0 Å². The summed E-state index contributed by atoms with van der Waals surface area (Å²) < 4.78 is 28.2. The molecule has 1 fully saturated rings. The summed E-state index contributed by atoms with van der Waals surface area (Å²) in [5.41, 5.74) is 5.63. The fraction of sp³-hybridized carbons (Fsp3) is 1.00. The second kappa shape index (κ2) is 5.44. The fourth-order valence-corrected chi connectivity index (χ4v) is 3.68. The molecule has 2 atom stereocenters. The first-order valence-corrected chi connectivity index (χ1v) is 7.29. The molecule has 3 N–H and O–H groups in total. The van der Waals surface area contributed by atoms with Gasteiger partial charge in [0, 0.05) is 25.7 Å². The van der Waals surface area contributed by atoms with Crippen LogP contribution in [0.2, 0.25) is 0 Å². The minimum absolute atomic E-state index is 0.0512. The quantitative estimate of drug-likeness (QED) is 0.728. The zero-order chi connectivity index (χ0) is 12.3. The van der Waals surface area contributed by atoms with E-state index in [1.165, 1.54) is 4.31 Å². The van der Waals surface area contributed by atoms with Gasteiger partial charge < -0.3 is 5.73 Å². The van der Waals surface area contributed by atoms with Crippen LogP contribution in [0.1, 0.15) is 27.2 Å². The molecule has 96 valence electrons. The van der Waals surface area contributed by atoms with Gasteiger partial charge in [-0.1, -0.05) is 20.8 Å². The highest BCUT2D eigenvalue weighted by atomic mass is 32.2. The van der Waals surface area contributed by atoms with E-state index >= 15 is 0 Å². The summed E-state index contributed by atoms with van der Waals surface area (Å²) in [6.07, 6.45) is 0.893. The van der Waals surface area contributed by atoms with Crippen LogP contribution in [0.25, 0.3) is 0 Å². The Morgan fingerprint density at radius 1 is 1.50 bits per heavy atom. The first-order chi connectivity index (χ1) is 7.38. The van der Waals surface area contributed by atoms with Gasteiger partial charge in [-0.2, -0.15) is 12.7 Å². The van der Waals surface area contributed by atoms with Crippen LogP contribution in [0.5, 0.6) is 0 Å². The first-order valence-electron chi connectivity index (χ1n) is 5.85. The number of hydrogen-bond acceptors (Lipinski definition) is 3. The Morgan fingerprint density at radius 2 is 2.12 bits per heavy atom. The monoisotopic (exact) mass is 249 g/mol. The third-order valence-electron chi connectivity index (χ3n) is 3.06. The Bertz CT molecular complexity index is 316. The average molecular weight is 249 g/mol. The average Bonchev–Trinajstić information content (AvgIpc) is 2.57. The van der Waals surface area contributed by atoms with E-state index in [0.29, 0.717) is 31.5 Å². The highest BCUT2D eigenvalue weighted by molar-refractivity contribution is 7.87. The molecule has 2 unspecified atom stereocenters. The maximum Gasteiger partial charge on any atom is 0.279 e. The van der Waals surface area contributed by atoms with Crippen molar-refractivity contribution in [2.24, 2.45) is 17.6 Å². The Labute approximate surface area is 98.6 Å². The molecule has 0 saturated carbocycles. The standard InChI is InChI=1S/C10H23N3O2S/c1-8(2)7-12-16(14,15)13-5-4-9(3)10(13)6-11/h8-10,12H,4-7,11H2,1-3H3. The van der Waals surface area contributed by atoms with Gasteiger partial charge in [0.15, 0.2) is 0 Å². The highest BCUT2D eigenvalue weighted by Crippen LogP contribution is 2.25. The number of nitrogens with one attached hydrogen (secondary N) is 1.